The summed E-state index contributed by atoms with van der Waals surface area (Å²) in [6.07, 6.45) is 4.23. The predicted molar refractivity (Wildman–Crippen MR) is 116 cm³/mol. The summed E-state index contributed by atoms with van der Waals surface area (Å²) in [7, 11) is 0. The van der Waals surface area contributed by atoms with Crippen molar-refractivity contribution in [2.75, 3.05) is 0 Å². The second kappa shape index (κ2) is 9.72. The van der Waals surface area contributed by atoms with Gasteiger partial charge in [-0.25, -0.2) is 4.79 Å². The van der Waals surface area contributed by atoms with Crippen LogP contribution in [0.5, 0.6) is 0 Å². The maximum atomic E-state index is 10.8. The zero-order chi connectivity index (χ0) is 19.8. The molecular formula is C24H21NO2S. The van der Waals surface area contributed by atoms with Gasteiger partial charge in [-0.1, -0.05) is 83.7 Å². The van der Waals surface area contributed by atoms with Crippen molar-refractivity contribution in [1.29, 1.82) is 0 Å². The summed E-state index contributed by atoms with van der Waals surface area (Å²) >= 11 is 1.70. The molecule has 0 bridgehead atoms. The number of nitrogens with zero attached hydrogens (tertiary/aromatic N) is 1. The molecule has 0 N–H and O–H groups in total. The summed E-state index contributed by atoms with van der Waals surface area (Å²) in [5.41, 5.74) is 3.95. The van der Waals surface area contributed by atoms with Gasteiger partial charge in [0, 0.05) is 16.7 Å². The van der Waals surface area contributed by atoms with Gasteiger partial charge in [0.2, 0.25) is 0 Å². The highest BCUT2D eigenvalue weighted by atomic mass is 32.2. The maximum Gasteiger partial charge on any atom is 0.331 e. The molecule has 0 heterocycles. The van der Waals surface area contributed by atoms with E-state index in [1.165, 1.54) is 22.9 Å². The summed E-state index contributed by atoms with van der Waals surface area (Å²) in [5, 5.41) is 3.81. The van der Waals surface area contributed by atoms with Crippen LogP contribution in [-0.4, -0.2) is 11.7 Å². The van der Waals surface area contributed by atoms with Crippen molar-refractivity contribution in [2.45, 2.75) is 23.6 Å². The Kier molecular flexibility index (Phi) is 6.82. The third kappa shape index (κ3) is 5.96. The second-order valence-electron chi connectivity index (χ2n) is 6.20. The molecule has 0 atom stereocenters. The van der Waals surface area contributed by atoms with Gasteiger partial charge in [-0.3, -0.25) is 0 Å². The summed E-state index contributed by atoms with van der Waals surface area (Å²) < 4.78 is 0. The molecule has 0 aromatic heterocycles. The minimum atomic E-state index is -0.423. The molecule has 0 aliphatic rings. The van der Waals surface area contributed by atoms with Crippen molar-refractivity contribution < 1.29 is 9.63 Å². The molecule has 3 aromatic carbocycles. The van der Waals surface area contributed by atoms with E-state index in [0.29, 0.717) is 5.71 Å². The first-order valence-electron chi connectivity index (χ1n) is 8.94. The Bertz CT molecular complexity index is 975. The van der Waals surface area contributed by atoms with E-state index >= 15 is 0 Å². The molecule has 0 spiro atoms. The van der Waals surface area contributed by atoms with Crippen molar-refractivity contribution in [3.8, 4) is 0 Å². The normalized spacial score (nSPS) is 11.6. The smallest absolute Gasteiger partial charge is 0.318 e. The van der Waals surface area contributed by atoms with Crippen molar-refractivity contribution in [1.82, 2.24) is 0 Å². The molecule has 0 fully saturated rings. The molecular weight excluding hydrogens is 366 g/mol. The van der Waals surface area contributed by atoms with Crippen LogP contribution < -0.4 is 0 Å². The van der Waals surface area contributed by atoms with Gasteiger partial charge < -0.3 is 4.84 Å². The Morgan fingerprint density at radius 1 is 0.786 bits per heavy atom. The van der Waals surface area contributed by atoms with Gasteiger partial charge in [-0.2, -0.15) is 0 Å². The van der Waals surface area contributed by atoms with Crippen molar-refractivity contribution in [3.63, 3.8) is 0 Å². The van der Waals surface area contributed by atoms with E-state index < -0.39 is 5.97 Å². The lowest BCUT2D eigenvalue weighted by Crippen LogP contribution is -1.99. The van der Waals surface area contributed by atoms with Crippen LogP contribution in [0.15, 0.2) is 93.8 Å². The Morgan fingerprint density at radius 2 is 1.32 bits per heavy atom. The van der Waals surface area contributed by atoms with Crippen LogP contribution in [-0.2, 0) is 9.63 Å². The molecule has 0 amide bonds. The minimum Gasteiger partial charge on any atom is -0.318 e. The standard InChI is InChI=1S/C24H21NO2S/c1-18(25-27-19(2)26)22-12-16-24(17-13-22)28-23-14-10-21(11-15-23)9-8-20-6-4-3-5-7-20/h3-17H,1-2H3/b9-8+,25-18+. The fourth-order valence-electron chi connectivity index (χ4n) is 2.49. The number of carbonyl (C=O) groups excluding carboxylic acids is 1. The Morgan fingerprint density at radius 3 is 1.89 bits per heavy atom. The highest BCUT2D eigenvalue weighted by molar-refractivity contribution is 7.99. The number of carbonyl (C=O) groups is 1. The summed E-state index contributed by atoms with van der Waals surface area (Å²) in [6, 6.07) is 26.8. The van der Waals surface area contributed by atoms with E-state index in [0.717, 1.165) is 10.5 Å². The SMILES string of the molecule is CC(=O)O/N=C(\C)c1ccc(Sc2ccc(/C=C/c3ccccc3)cc2)cc1. The highest BCUT2D eigenvalue weighted by Crippen LogP contribution is 2.28. The summed E-state index contributed by atoms with van der Waals surface area (Å²) in [5.74, 6) is -0.423. The number of oxime groups is 1. The fraction of sp³-hybridized carbons (Fsp3) is 0.0833. The van der Waals surface area contributed by atoms with Gasteiger partial charge in [0.05, 0.1) is 5.71 Å². The largest absolute Gasteiger partial charge is 0.331 e. The van der Waals surface area contributed by atoms with Crippen LogP contribution in [0.2, 0.25) is 0 Å². The third-order valence-corrected chi connectivity index (χ3v) is 4.98. The lowest BCUT2D eigenvalue weighted by molar-refractivity contribution is -0.140. The van der Waals surface area contributed by atoms with E-state index in [1.807, 2.05) is 49.4 Å². The monoisotopic (exact) mass is 387 g/mol. The van der Waals surface area contributed by atoms with Gasteiger partial charge in [0.1, 0.15) is 0 Å². The first kappa shape index (κ1) is 19.6. The van der Waals surface area contributed by atoms with Crippen molar-refractivity contribution in [2.24, 2.45) is 5.16 Å². The molecule has 0 radical (unpaired) electrons. The average molecular weight is 388 g/mol. The third-order valence-electron chi connectivity index (χ3n) is 3.97. The van der Waals surface area contributed by atoms with E-state index in [1.54, 1.807) is 11.8 Å². The lowest BCUT2D eigenvalue weighted by Gasteiger charge is -2.05. The topological polar surface area (TPSA) is 38.7 Å². The maximum absolute atomic E-state index is 10.8. The number of hydrogen-bond acceptors (Lipinski definition) is 4. The number of benzene rings is 3. The number of hydrogen-bond donors (Lipinski definition) is 0. The zero-order valence-corrected chi connectivity index (χ0v) is 16.6. The van der Waals surface area contributed by atoms with E-state index in [2.05, 4.69) is 58.5 Å². The first-order valence-corrected chi connectivity index (χ1v) is 9.75. The molecule has 0 aliphatic heterocycles. The quantitative estimate of drug-likeness (QED) is 0.216. The average Bonchev–Trinajstić information content (AvgIpc) is 2.73. The van der Waals surface area contributed by atoms with Gasteiger partial charge >= 0.3 is 5.97 Å². The molecule has 0 saturated heterocycles. The predicted octanol–water partition coefficient (Wildman–Crippen LogP) is 6.30. The van der Waals surface area contributed by atoms with E-state index in [9.17, 15) is 4.79 Å². The van der Waals surface area contributed by atoms with Crippen molar-refractivity contribution >= 4 is 35.6 Å². The van der Waals surface area contributed by atoms with Crippen LogP contribution in [0.1, 0.15) is 30.5 Å². The molecule has 3 aromatic rings. The molecule has 140 valence electrons. The van der Waals surface area contributed by atoms with E-state index in [-0.39, 0.29) is 0 Å². The van der Waals surface area contributed by atoms with Crippen LogP contribution in [0.3, 0.4) is 0 Å². The minimum absolute atomic E-state index is 0.423. The molecule has 28 heavy (non-hydrogen) atoms. The summed E-state index contributed by atoms with van der Waals surface area (Å²) in [6.45, 7) is 3.14. The van der Waals surface area contributed by atoms with Crippen LogP contribution in [0.25, 0.3) is 12.2 Å². The Hall–Kier alpha value is -3.11. The molecule has 3 nitrogen and oxygen atoms in total. The van der Waals surface area contributed by atoms with Gasteiger partial charge in [0.15, 0.2) is 0 Å². The summed E-state index contributed by atoms with van der Waals surface area (Å²) in [4.78, 5) is 17.8. The Labute approximate surface area is 169 Å². The fourth-order valence-corrected chi connectivity index (χ4v) is 3.31. The van der Waals surface area contributed by atoms with Crippen LogP contribution in [0, 0.1) is 0 Å². The molecule has 0 aliphatic carbocycles. The van der Waals surface area contributed by atoms with Crippen molar-refractivity contribution in [3.05, 3.63) is 95.6 Å². The first-order chi connectivity index (χ1) is 13.6. The molecule has 3 rings (SSSR count). The van der Waals surface area contributed by atoms with E-state index in [4.69, 9.17) is 0 Å². The Balaban J connectivity index is 1.62. The molecule has 0 unspecified atom stereocenters. The number of rotatable bonds is 6. The second-order valence-corrected chi connectivity index (χ2v) is 7.35. The van der Waals surface area contributed by atoms with Gasteiger partial charge in [-0.05, 0) is 47.9 Å². The molecule has 4 heteroatoms. The zero-order valence-electron chi connectivity index (χ0n) is 15.8. The van der Waals surface area contributed by atoms with Crippen LogP contribution >= 0.6 is 11.8 Å². The lowest BCUT2D eigenvalue weighted by atomic mass is 10.1. The van der Waals surface area contributed by atoms with Gasteiger partial charge in [-0.15, -0.1) is 0 Å². The van der Waals surface area contributed by atoms with Gasteiger partial charge in [0.25, 0.3) is 0 Å². The highest BCUT2D eigenvalue weighted by Gasteiger charge is 2.02. The van der Waals surface area contributed by atoms with Crippen LogP contribution in [0.4, 0.5) is 0 Å². The molecule has 0 saturated carbocycles.